The molecule has 1 fully saturated rings. The van der Waals surface area contributed by atoms with Crippen molar-refractivity contribution in [2.45, 2.75) is 39.2 Å². The van der Waals surface area contributed by atoms with Gasteiger partial charge in [0.25, 0.3) is 0 Å². The number of carbonyl (C=O) groups is 2. The zero-order valence-electron chi connectivity index (χ0n) is 17.1. The second kappa shape index (κ2) is 8.56. The smallest absolute Gasteiger partial charge is 0.241 e. The number of anilines is 1. The summed E-state index contributed by atoms with van der Waals surface area (Å²) in [5.41, 5.74) is 3.75. The number of likely N-dealkylation sites (tertiary alicyclic amines) is 1. The molecule has 1 aliphatic heterocycles. The number of benzene rings is 1. The standard InChI is InChI=1S/C21H29N5O2/c1-15-13-16(2)26(23-15)18-10-8-17(9-11-18)22-21(28)19-7-5-6-12-25(19)14-20(27)24(3)4/h8-11,13,19H,5-7,12,14H2,1-4H3,(H,22,28)/t19-/m0/s1. The van der Waals surface area contributed by atoms with Crippen molar-refractivity contribution in [1.82, 2.24) is 19.6 Å². The zero-order valence-corrected chi connectivity index (χ0v) is 17.1. The molecule has 0 radical (unpaired) electrons. The Kier molecular flexibility index (Phi) is 6.14. The highest BCUT2D eigenvalue weighted by Crippen LogP contribution is 2.20. The van der Waals surface area contributed by atoms with E-state index in [4.69, 9.17) is 0 Å². The molecule has 1 aromatic carbocycles. The van der Waals surface area contributed by atoms with Gasteiger partial charge in [0, 0.05) is 25.5 Å². The Morgan fingerprint density at radius 2 is 1.89 bits per heavy atom. The van der Waals surface area contributed by atoms with E-state index in [2.05, 4.69) is 10.4 Å². The van der Waals surface area contributed by atoms with E-state index in [0.29, 0.717) is 0 Å². The first-order chi connectivity index (χ1) is 13.3. The summed E-state index contributed by atoms with van der Waals surface area (Å²) in [6.07, 6.45) is 2.79. The summed E-state index contributed by atoms with van der Waals surface area (Å²) in [6.45, 7) is 5.04. The van der Waals surface area contributed by atoms with E-state index in [0.717, 1.165) is 48.6 Å². The van der Waals surface area contributed by atoms with Gasteiger partial charge in [0.15, 0.2) is 0 Å². The molecule has 0 bridgehead atoms. The molecule has 1 aliphatic rings. The third-order valence-electron chi connectivity index (χ3n) is 5.14. The van der Waals surface area contributed by atoms with Crippen molar-refractivity contribution in [3.63, 3.8) is 0 Å². The van der Waals surface area contributed by atoms with Gasteiger partial charge in [-0.15, -0.1) is 0 Å². The van der Waals surface area contributed by atoms with Gasteiger partial charge in [-0.05, 0) is 63.6 Å². The summed E-state index contributed by atoms with van der Waals surface area (Å²) in [6, 6.07) is 9.44. The van der Waals surface area contributed by atoms with Crippen molar-refractivity contribution in [1.29, 1.82) is 0 Å². The molecule has 0 aliphatic carbocycles. The maximum Gasteiger partial charge on any atom is 0.241 e. The van der Waals surface area contributed by atoms with Gasteiger partial charge in [-0.3, -0.25) is 14.5 Å². The summed E-state index contributed by atoms with van der Waals surface area (Å²) in [5.74, 6) is -0.0286. The topological polar surface area (TPSA) is 70.5 Å². The third kappa shape index (κ3) is 4.59. The van der Waals surface area contributed by atoms with Crippen LogP contribution in [0.4, 0.5) is 5.69 Å². The Balaban J connectivity index is 1.67. The molecule has 2 heterocycles. The maximum atomic E-state index is 12.8. The summed E-state index contributed by atoms with van der Waals surface area (Å²) in [4.78, 5) is 28.5. The van der Waals surface area contributed by atoms with E-state index in [1.54, 1.807) is 19.0 Å². The van der Waals surface area contributed by atoms with Crippen LogP contribution < -0.4 is 5.32 Å². The average Bonchev–Trinajstić information content (AvgIpc) is 3.00. The van der Waals surface area contributed by atoms with Crippen LogP contribution in [0.5, 0.6) is 0 Å². The largest absolute Gasteiger partial charge is 0.348 e. The summed E-state index contributed by atoms with van der Waals surface area (Å²) < 4.78 is 1.89. The van der Waals surface area contributed by atoms with Gasteiger partial charge in [0.2, 0.25) is 11.8 Å². The lowest BCUT2D eigenvalue weighted by molar-refractivity contribution is -0.132. The minimum Gasteiger partial charge on any atom is -0.348 e. The van der Waals surface area contributed by atoms with Crippen molar-refractivity contribution in [2.24, 2.45) is 0 Å². The van der Waals surface area contributed by atoms with Crippen molar-refractivity contribution >= 4 is 17.5 Å². The lowest BCUT2D eigenvalue weighted by Crippen LogP contribution is -2.50. The summed E-state index contributed by atoms with van der Waals surface area (Å²) in [7, 11) is 3.48. The Hall–Kier alpha value is -2.67. The monoisotopic (exact) mass is 383 g/mol. The van der Waals surface area contributed by atoms with Crippen molar-refractivity contribution in [3.05, 3.63) is 41.7 Å². The van der Waals surface area contributed by atoms with Gasteiger partial charge in [0.1, 0.15) is 0 Å². The number of aromatic nitrogens is 2. The van der Waals surface area contributed by atoms with Gasteiger partial charge in [-0.2, -0.15) is 5.10 Å². The second-order valence-corrected chi connectivity index (χ2v) is 7.65. The number of carbonyl (C=O) groups excluding carboxylic acids is 2. The van der Waals surface area contributed by atoms with Crippen LogP contribution in [0.2, 0.25) is 0 Å². The van der Waals surface area contributed by atoms with Gasteiger partial charge < -0.3 is 10.2 Å². The van der Waals surface area contributed by atoms with Crippen LogP contribution in [0.1, 0.15) is 30.7 Å². The Morgan fingerprint density at radius 3 is 2.50 bits per heavy atom. The average molecular weight is 383 g/mol. The van der Waals surface area contributed by atoms with E-state index >= 15 is 0 Å². The number of hydrogen-bond donors (Lipinski definition) is 1. The molecule has 1 atom stereocenters. The molecular weight excluding hydrogens is 354 g/mol. The van der Waals surface area contributed by atoms with E-state index in [-0.39, 0.29) is 24.4 Å². The van der Waals surface area contributed by atoms with Crippen LogP contribution in [-0.2, 0) is 9.59 Å². The molecule has 0 saturated carbocycles. The van der Waals surface area contributed by atoms with E-state index in [1.807, 2.05) is 53.8 Å². The van der Waals surface area contributed by atoms with Crippen molar-refractivity contribution in [3.8, 4) is 5.69 Å². The predicted octanol–water partition coefficient (Wildman–Crippen LogP) is 2.37. The number of piperidine rings is 1. The highest BCUT2D eigenvalue weighted by molar-refractivity contribution is 5.95. The highest BCUT2D eigenvalue weighted by atomic mass is 16.2. The lowest BCUT2D eigenvalue weighted by Gasteiger charge is -2.34. The van der Waals surface area contributed by atoms with Gasteiger partial charge >= 0.3 is 0 Å². The molecule has 1 N–H and O–H groups in total. The number of hydrogen-bond acceptors (Lipinski definition) is 4. The van der Waals surface area contributed by atoms with E-state index < -0.39 is 0 Å². The first-order valence-electron chi connectivity index (χ1n) is 9.74. The highest BCUT2D eigenvalue weighted by Gasteiger charge is 2.30. The lowest BCUT2D eigenvalue weighted by atomic mass is 10.0. The van der Waals surface area contributed by atoms with Gasteiger partial charge in [-0.1, -0.05) is 6.42 Å². The summed E-state index contributed by atoms with van der Waals surface area (Å²) in [5, 5.41) is 7.49. The summed E-state index contributed by atoms with van der Waals surface area (Å²) >= 11 is 0. The number of aryl methyl sites for hydroxylation is 2. The molecule has 28 heavy (non-hydrogen) atoms. The molecule has 0 unspecified atom stereocenters. The first-order valence-corrected chi connectivity index (χ1v) is 9.74. The minimum atomic E-state index is -0.270. The van der Waals surface area contributed by atoms with Gasteiger partial charge in [-0.25, -0.2) is 4.68 Å². The van der Waals surface area contributed by atoms with E-state index in [1.165, 1.54) is 0 Å². The fourth-order valence-corrected chi connectivity index (χ4v) is 3.59. The van der Waals surface area contributed by atoms with Crippen LogP contribution in [0.25, 0.3) is 5.69 Å². The zero-order chi connectivity index (χ0) is 20.3. The number of rotatable bonds is 5. The fourth-order valence-electron chi connectivity index (χ4n) is 3.59. The molecule has 150 valence electrons. The maximum absolute atomic E-state index is 12.8. The molecule has 1 saturated heterocycles. The number of nitrogens with one attached hydrogen (secondary N) is 1. The van der Waals surface area contributed by atoms with Crippen LogP contribution >= 0.6 is 0 Å². The fraction of sp³-hybridized carbons (Fsp3) is 0.476. The molecule has 1 aromatic heterocycles. The predicted molar refractivity (Wildman–Crippen MR) is 110 cm³/mol. The second-order valence-electron chi connectivity index (χ2n) is 7.65. The van der Waals surface area contributed by atoms with Crippen LogP contribution in [0.3, 0.4) is 0 Å². The number of amides is 2. The molecule has 7 nitrogen and oxygen atoms in total. The molecule has 2 aromatic rings. The quantitative estimate of drug-likeness (QED) is 0.861. The van der Waals surface area contributed by atoms with Crippen LogP contribution in [-0.4, -0.2) is 64.6 Å². The van der Waals surface area contributed by atoms with Crippen LogP contribution in [0, 0.1) is 13.8 Å². The van der Waals surface area contributed by atoms with Crippen molar-refractivity contribution < 1.29 is 9.59 Å². The first kappa shape index (κ1) is 20.1. The number of likely N-dealkylation sites (N-methyl/N-ethyl adjacent to an activating group) is 1. The minimum absolute atomic E-state index is 0.0222. The third-order valence-corrected chi connectivity index (χ3v) is 5.14. The Morgan fingerprint density at radius 1 is 1.18 bits per heavy atom. The molecule has 7 heteroatoms. The molecule has 2 amide bonds. The SMILES string of the molecule is Cc1cc(C)n(-c2ccc(NC(=O)[C@@H]3CCCCN3CC(=O)N(C)C)cc2)n1. The number of nitrogens with zero attached hydrogens (tertiary/aromatic N) is 4. The van der Waals surface area contributed by atoms with Crippen molar-refractivity contribution in [2.75, 3.05) is 32.5 Å². The normalized spacial score (nSPS) is 17.4. The molecular formula is C21H29N5O2. The molecule has 0 spiro atoms. The Bertz CT molecular complexity index is 841. The molecule has 3 rings (SSSR count). The Labute approximate surface area is 166 Å². The van der Waals surface area contributed by atoms with E-state index in [9.17, 15) is 9.59 Å². The van der Waals surface area contributed by atoms with Crippen LogP contribution in [0.15, 0.2) is 30.3 Å². The van der Waals surface area contributed by atoms with Gasteiger partial charge in [0.05, 0.1) is 24.0 Å².